The zero-order valence-corrected chi connectivity index (χ0v) is 8.49. The van der Waals surface area contributed by atoms with Gasteiger partial charge in [0, 0.05) is 25.5 Å². The number of nitrogens with zero attached hydrogens (tertiary/aromatic N) is 1. The van der Waals surface area contributed by atoms with Crippen LogP contribution in [0.3, 0.4) is 0 Å². The molecule has 0 fully saturated rings. The molecule has 0 aliphatic rings. The average molecular weight is 197 g/mol. The number of carbonyl (C=O) groups is 1. The largest absolute Gasteiger partial charge is 0.478 e. The Labute approximate surface area is 83.1 Å². The molecule has 0 radical (unpaired) electrons. The van der Waals surface area contributed by atoms with Gasteiger partial charge in [-0.2, -0.15) is 0 Å². The maximum Gasteiger partial charge on any atom is 0.337 e. The Morgan fingerprint density at radius 2 is 2.36 bits per heavy atom. The highest BCUT2D eigenvalue weighted by molar-refractivity contribution is 5.89. The van der Waals surface area contributed by atoms with Gasteiger partial charge in [-0.05, 0) is 12.5 Å². The molecule has 0 aliphatic carbocycles. The highest BCUT2D eigenvalue weighted by Gasteiger charge is 2.12. The van der Waals surface area contributed by atoms with Gasteiger partial charge in [0.25, 0.3) is 0 Å². The van der Waals surface area contributed by atoms with Crippen molar-refractivity contribution in [2.45, 2.75) is 19.9 Å². The molecule has 14 heavy (non-hydrogen) atoms. The fourth-order valence-electron chi connectivity index (χ4n) is 1.49. The number of carboxylic acids is 1. The summed E-state index contributed by atoms with van der Waals surface area (Å²) in [6, 6.07) is 1.64. The molecule has 0 aliphatic heterocycles. The highest BCUT2D eigenvalue weighted by Crippen LogP contribution is 2.12. The van der Waals surface area contributed by atoms with Crippen molar-refractivity contribution in [3.8, 4) is 0 Å². The van der Waals surface area contributed by atoms with Crippen molar-refractivity contribution >= 4 is 5.97 Å². The quantitative estimate of drug-likeness (QED) is 0.776. The van der Waals surface area contributed by atoms with Crippen LogP contribution in [0.15, 0.2) is 12.3 Å². The van der Waals surface area contributed by atoms with E-state index in [-0.39, 0.29) is 0 Å². The lowest BCUT2D eigenvalue weighted by atomic mass is 10.2. The van der Waals surface area contributed by atoms with Crippen molar-refractivity contribution in [1.82, 2.24) is 4.57 Å². The van der Waals surface area contributed by atoms with Crippen LogP contribution in [0.4, 0.5) is 0 Å². The summed E-state index contributed by atoms with van der Waals surface area (Å²) in [7, 11) is 1.63. The molecule has 0 amide bonds. The van der Waals surface area contributed by atoms with Crippen molar-refractivity contribution in [1.29, 1.82) is 0 Å². The number of hydrogen-bond donors (Lipinski definition) is 1. The van der Waals surface area contributed by atoms with Gasteiger partial charge in [-0.1, -0.05) is 6.92 Å². The lowest BCUT2D eigenvalue weighted by Crippen LogP contribution is -2.09. The molecular formula is C10H15NO3. The highest BCUT2D eigenvalue weighted by atomic mass is 16.5. The van der Waals surface area contributed by atoms with Crippen LogP contribution in [-0.2, 0) is 17.7 Å². The van der Waals surface area contributed by atoms with Gasteiger partial charge in [0.15, 0.2) is 0 Å². The van der Waals surface area contributed by atoms with E-state index in [1.807, 2.05) is 11.5 Å². The molecule has 0 aromatic carbocycles. The van der Waals surface area contributed by atoms with Crippen molar-refractivity contribution in [2.24, 2.45) is 0 Å². The van der Waals surface area contributed by atoms with E-state index < -0.39 is 5.97 Å². The minimum atomic E-state index is -0.863. The van der Waals surface area contributed by atoms with E-state index in [9.17, 15) is 4.79 Å². The molecule has 1 aromatic heterocycles. The fourth-order valence-corrected chi connectivity index (χ4v) is 1.49. The van der Waals surface area contributed by atoms with Crippen LogP contribution in [-0.4, -0.2) is 29.4 Å². The van der Waals surface area contributed by atoms with Crippen LogP contribution >= 0.6 is 0 Å². The number of hydrogen-bond acceptors (Lipinski definition) is 2. The van der Waals surface area contributed by atoms with Gasteiger partial charge in [0.1, 0.15) is 0 Å². The number of methoxy groups -OCH3 is 1. The van der Waals surface area contributed by atoms with Crippen LogP contribution in [0.25, 0.3) is 0 Å². The van der Waals surface area contributed by atoms with Gasteiger partial charge in [0.05, 0.1) is 12.2 Å². The molecule has 0 bridgehead atoms. The van der Waals surface area contributed by atoms with E-state index in [2.05, 4.69) is 0 Å². The number of aromatic nitrogens is 1. The van der Waals surface area contributed by atoms with E-state index >= 15 is 0 Å². The van der Waals surface area contributed by atoms with Gasteiger partial charge in [-0.3, -0.25) is 0 Å². The second-order valence-corrected chi connectivity index (χ2v) is 3.02. The third-order valence-electron chi connectivity index (χ3n) is 2.18. The molecule has 78 valence electrons. The van der Waals surface area contributed by atoms with Crippen LogP contribution < -0.4 is 0 Å². The molecule has 4 nitrogen and oxygen atoms in total. The topological polar surface area (TPSA) is 51.5 Å². The molecule has 4 heteroatoms. The smallest absolute Gasteiger partial charge is 0.337 e. The van der Waals surface area contributed by atoms with Crippen LogP contribution in [0.5, 0.6) is 0 Å². The van der Waals surface area contributed by atoms with E-state index in [1.54, 1.807) is 19.4 Å². The minimum absolute atomic E-state index is 0.392. The number of carboxylic acid groups (broad SMARTS) is 1. The lowest BCUT2D eigenvalue weighted by molar-refractivity contribution is 0.0695. The predicted molar refractivity (Wildman–Crippen MR) is 52.6 cm³/mol. The SMILES string of the molecule is CCc1c(C(=O)O)ccn1CCOC. The summed E-state index contributed by atoms with van der Waals surface area (Å²) in [6.45, 7) is 3.25. The summed E-state index contributed by atoms with van der Waals surface area (Å²) in [5.41, 5.74) is 1.25. The standard InChI is InChI=1S/C10H15NO3/c1-3-9-8(10(12)13)4-5-11(9)6-7-14-2/h4-5H,3,6-7H2,1-2H3,(H,12,13). The first-order valence-corrected chi connectivity index (χ1v) is 4.61. The Morgan fingerprint density at radius 1 is 1.64 bits per heavy atom. The first-order valence-electron chi connectivity index (χ1n) is 4.61. The summed E-state index contributed by atoms with van der Waals surface area (Å²) >= 11 is 0. The molecule has 1 heterocycles. The summed E-state index contributed by atoms with van der Waals surface area (Å²) in [6.07, 6.45) is 2.51. The Balaban J connectivity index is 2.89. The molecule has 0 saturated heterocycles. The molecule has 0 atom stereocenters. The van der Waals surface area contributed by atoms with Gasteiger partial charge >= 0.3 is 5.97 Å². The maximum atomic E-state index is 10.8. The van der Waals surface area contributed by atoms with Crippen LogP contribution in [0.2, 0.25) is 0 Å². The Bertz CT molecular complexity index is 317. The van der Waals surface area contributed by atoms with E-state index in [0.29, 0.717) is 18.7 Å². The molecule has 0 spiro atoms. The second-order valence-electron chi connectivity index (χ2n) is 3.02. The van der Waals surface area contributed by atoms with Crippen LogP contribution in [0, 0.1) is 0 Å². The first kappa shape index (κ1) is 10.8. The third-order valence-corrected chi connectivity index (χ3v) is 2.18. The molecule has 1 N–H and O–H groups in total. The summed E-state index contributed by atoms with van der Waals surface area (Å²) in [5.74, 6) is -0.863. The van der Waals surface area contributed by atoms with Gasteiger partial charge < -0.3 is 14.4 Å². The predicted octanol–water partition coefficient (Wildman–Crippen LogP) is 1.40. The van der Waals surface area contributed by atoms with Crippen LogP contribution in [0.1, 0.15) is 23.0 Å². The van der Waals surface area contributed by atoms with E-state index in [4.69, 9.17) is 9.84 Å². The maximum absolute atomic E-state index is 10.8. The van der Waals surface area contributed by atoms with Gasteiger partial charge in [0.2, 0.25) is 0 Å². The second kappa shape index (κ2) is 4.81. The number of rotatable bonds is 5. The van der Waals surface area contributed by atoms with Crippen molar-refractivity contribution in [3.05, 3.63) is 23.5 Å². The first-order chi connectivity index (χ1) is 6.70. The normalized spacial score (nSPS) is 10.4. The zero-order valence-electron chi connectivity index (χ0n) is 8.49. The van der Waals surface area contributed by atoms with E-state index in [0.717, 1.165) is 12.1 Å². The van der Waals surface area contributed by atoms with Gasteiger partial charge in [-0.25, -0.2) is 4.79 Å². The molecule has 0 saturated carbocycles. The minimum Gasteiger partial charge on any atom is -0.478 e. The third kappa shape index (κ3) is 2.14. The number of aromatic carboxylic acids is 1. The fraction of sp³-hybridized carbons (Fsp3) is 0.500. The molecule has 0 unspecified atom stereocenters. The molecule has 1 aromatic rings. The van der Waals surface area contributed by atoms with Crippen molar-refractivity contribution < 1.29 is 14.6 Å². The Hall–Kier alpha value is -1.29. The monoisotopic (exact) mass is 197 g/mol. The lowest BCUT2D eigenvalue weighted by Gasteiger charge is -2.07. The summed E-state index contributed by atoms with van der Waals surface area (Å²) in [5, 5.41) is 8.89. The summed E-state index contributed by atoms with van der Waals surface area (Å²) in [4.78, 5) is 10.8. The zero-order chi connectivity index (χ0) is 10.6. The summed E-state index contributed by atoms with van der Waals surface area (Å²) < 4.78 is 6.87. The van der Waals surface area contributed by atoms with E-state index in [1.165, 1.54) is 0 Å². The van der Waals surface area contributed by atoms with Gasteiger partial charge in [-0.15, -0.1) is 0 Å². The Kier molecular flexibility index (Phi) is 3.71. The molecule has 1 rings (SSSR count). The number of ether oxygens (including phenoxy) is 1. The Morgan fingerprint density at radius 3 is 2.86 bits per heavy atom. The van der Waals surface area contributed by atoms with Crippen molar-refractivity contribution in [2.75, 3.05) is 13.7 Å². The molecular weight excluding hydrogens is 182 g/mol. The average Bonchev–Trinajstić information content (AvgIpc) is 2.57. The van der Waals surface area contributed by atoms with Crippen molar-refractivity contribution in [3.63, 3.8) is 0 Å².